The second-order valence-electron chi connectivity index (χ2n) is 4.53. The summed E-state index contributed by atoms with van der Waals surface area (Å²) in [5.41, 5.74) is 9.72. The van der Waals surface area contributed by atoms with Crippen molar-refractivity contribution < 1.29 is 4.74 Å². The fourth-order valence-electron chi connectivity index (χ4n) is 2.10. The molecule has 0 saturated heterocycles. The highest BCUT2D eigenvalue weighted by Gasteiger charge is 2.11. The van der Waals surface area contributed by atoms with Gasteiger partial charge in [0.05, 0.1) is 36.1 Å². The zero-order chi connectivity index (χ0) is 13.9. The molecule has 0 aliphatic heterocycles. The number of nitrogens with two attached hydrogens (primary N) is 1. The Morgan fingerprint density at radius 2 is 1.70 bits per heavy atom. The molecule has 3 rings (SSSR count). The number of hydrogen-bond acceptors (Lipinski definition) is 4. The molecule has 4 nitrogen and oxygen atoms in total. The maximum absolute atomic E-state index is 6.26. The Bertz CT molecular complexity index is 725. The second kappa shape index (κ2) is 5.27. The smallest absolute Gasteiger partial charge is 0.118 e. The van der Waals surface area contributed by atoms with Crippen molar-refractivity contribution in [2.24, 2.45) is 5.73 Å². The van der Waals surface area contributed by atoms with E-state index < -0.39 is 0 Å². The van der Waals surface area contributed by atoms with Gasteiger partial charge in [0.15, 0.2) is 0 Å². The lowest BCUT2D eigenvalue weighted by atomic mass is 10.0. The molecule has 0 aliphatic carbocycles. The van der Waals surface area contributed by atoms with Gasteiger partial charge in [0.1, 0.15) is 5.75 Å². The second-order valence-corrected chi connectivity index (χ2v) is 4.53. The first-order chi connectivity index (χ1) is 9.78. The predicted molar refractivity (Wildman–Crippen MR) is 78.6 cm³/mol. The van der Waals surface area contributed by atoms with Crippen molar-refractivity contribution in [1.29, 1.82) is 0 Å². The largest absolute Gasteiger partial charge is 0.497 e. The quantitative estimate of drug-likeness (QED) is 0.791. The molecule has 2 N–H and O–H groups in total. The summed E-state index contributed by atoms with van der Waals surface area (Å²) in [6.07, 6.45) is 1.73. The van der Waals surface area contributed by atoms with Crippen molar-refractivity contribution in [3.8, 4) is 5.75 Å². The Balaban J connectivity index is 1.96. The number of rotatable bonds is 3. The lowest BCUT2D eigenvalue weighted by molar-refractivity contribution is 0.414. The molecular formula is C16H15N3O. The van der Waals surface area contributed by atoms with Crippen LogP contribution in [0.5, 0.6) is 5.75 Å². The fraction of sp³-hybridized carbons (Fsp3) is 0.125. The summed E-state index contributed by atoms with van der Waals surface area (Å²) in [6.45, 7) is 0. The molecule has 0 radical (unpaired) electrons. The van der Waals surface area contributed by atoms with E-state index in [1.807, 2.05) is 48.5 Å². The van der Waals surface area contributed by atoms with E-state index in [-0.39, 0.29) is 6.04 Å². The average Bonchev–Trinajstić information content (AvgIpc) is 2.54. The van der Waals surface area contributed by atoms with Crippen LogP contribution in [0.1, 0.15) is 17.3 Å². The van der Waals surface area contributed by atoms with Gasteiger partial charge in [-0.2, -0.15) is 0 Å². The average molecular weight is 265 g/mol. The van der Waals surface area contributed by atoms with Crippen LogP contribution in [0.2, 0.25) is 0 Å². The predicted octanol–water partition coefficient (Wildman–Crippen LogP) is 2.69. The summed E-state index contributed by atoms with van der Waals surface area (Å²) in [6, 6.07) is 15.1. The first-order valence-corrected chi connectivity index (χ1v) is 6.39. The molecule has 3 aromatic rings. The van der Waals surface area contributed by atoms with E-state index in [9.17, 15) is 0 Å². The van der Waals surface area contributed by atoms with Gasteiger partial charge in [-0.25, -0.2) is 4.98 Å². The number of ether oxygens (including phenoxy) is 1. The van der Waals surface area contributed by atoms with E-state index in [0.717, 1.165) is 28.0 Å². The Labute approximate surface area is 117 Å². The van der Waals surface area contributed by atoms with Crippen molar-refractivity contribution in [2.45, 2.75) is 6.04 Å². The first kappa shape index (κ1) is 12.6. The third-order valence-corrected chi connectivity index (χ3v) is 3.26. The maximum Gasteiger partial charge on any atom is 0.118 e. The van der Waals surface area contributed by atoms with Gasteiger partial charge in [-0.05, 0) is 29.8 Å². The number of aromatic nitrogens is 2. The van der Waals surface area contributed by atoms with Gasteiger partial charge in [-0.3, -0.25) is 4.98 Å². The third kappa shape index (κ3) is 2.33. The van der Waals surface area contributed by atoms with Crippen LogP contribution in [0.15, 0.2) is 54.7 Å². The molecule has 0 aliphatic rings. The molecule has 1 aromatic heterocycles. The molecule has 100 valence electrons. The lowest BCUT2D eigenvalue weighted by Crippen LogP contribution is -2.14. The lowest BCUT2D eigenvalue weighted by Gasteiger charge is -2.12. The van der Waals surface area contributed by atoms with Crippen LogP contribution >= 0.6 is 0 Å². The van der Waals surface area contributed by atoms with Crippen molar-refractivity contribution in [1.82, 2.24) is 9.97 Å². The molecule has 0 saturated carbocycles. The van der Waals surface area contributed by atoms with Crippen LogP contribution in [0, 0.1) is 0 Å². The Morgan fingerprint density at radius 3 is 2.40 bits per heavy atom. The SMILES string of the molecule is COc1ccc(C(N)c2cnc3ccccc3n2)cc1. The molecule has 0 fully saturated rings. The zero-order valence-corrected chi connectivity index (χ0v) is 11.2. The molecule has 0 spiro atoms. The van der Waals surface area contributed by atoms with Crippen molar-refractivity contribution in [3.63, 3.8) is 0 Å². The monoisotopic (exact) mass is 265 g/mol. The first-order valence-electron chi connectivity index (χ1n) is 6.39. The molecule has 0 amide bonds. The van der Waals surface area contributed by atoms with Crippen molar-refractivity contribution in [3.05, 3.63) is 66.0 Å². The highest BCUT2D eigenvalue weighted by Crippen LogP contribution is 2.21. The van der Waals surface area contributed by atoms with Crippen LogP contribution in [0.4, 0.5) is 0 Å². The summed E-state index contributed by atoms with van der Waals surface area (Å²) in [7, 11) is 1.64. The molecule has 1 atom stereocenters. The molecule has 0 bridgehead atoms. The molecular weight excluding hydrogens is 250 g/mol. The van der Waals surface area contributed by atoms with Crippen molar-refractivity contribution in [2.75, 3.05) is 7.11 Å². The number of hydrogen-bond donors (Lipinski definition) is 1. The summed E-state index contributed by atoms with van der Waals surface area (Å²) in [5, 5.41) is 0. The van der Waals surface area contributed by atoms with Crippen LogP contribution in [0.25, 0.3) is 11.0 Å². The number of fused-ring (bicyclic) bond motifs is 1. The molecule has 2 aromatic carbocycles. The van der Waals surface area contributed by atoms with Gasteiger partial charge >= 0.3 is 0 Å². The van der Waals surface area contributed by atoms with E-state index in [4.69, 9.17) is 10.5 Å². The fourth-order valence-corrected chi connectivity index (χ4v) is 2.10. The number of benzene rings is 2. The maximum atomic E-state index is 6.26. The van der Waals surface area contributed by atoms with E-state index in [2.05, 4.69) is 9.97 Å². The van der Waals surface area contributed by atoms with Gasteiger partial charge < -0.3 is 10.5 Å². The third-order valence-electron chi connectivity index (χ3n) is 3.26. The minimum absolute atomic E-state index is 0.294. The minimum Gasteiger partial charge on any atom is -0.497 e. The van der Waals surface area contributed by atoms with Gasteiger partial charge in [-0.1, -0.05) is 24.3 Å². The van der Waals surface area contributed by atoms with Crippen LogP contribution < -0.4 is 10.5 Å². The molecule has 1 heterocycles. The number of nitrogens with zero attached hydrogens (tertiary/aromatic N) is 2. The van der Waals surface area contributed by atoms with Gasteiger partial charge in [0.25, 0.3) is 0 Å². The summed E-state index contributed by atoms with van der Waals surface area (Å²) < 4.78 is 5.14. The molecule has 4 heteroatoms. The van der Waals surface area contributed by atoms with Gasteiger partial charge in [-0.15, -0.1) is 0 Å². The normalized spacial score (nSPS) is 12.3. The van der Waals surface area contributed by atoms with Crippen LogP contribution in [-0.2, 0) is 0 Å². The van der Waals surface area contributed by atoms with Crippen LogP contribution in [-0.4, -0.2) is 17.1 Å². The highest BCUT2D eigenvalue weighted by atomic mass is 16.5. The summed E-state index contributed by atoms with van der Waals surface area (Å²) in [4.78, 5) is 8.97. The Hall–Kier alpha value is -2.46. The Morgan fingerprint density at radius 1 is 1.00 bits per heavy atom. The zero-order valence-electron chi connectivity index (χ0n) is 11.2. The van der Waals surface area contributed by atoms with Gasteiger partial charge in [0, 0.05) is 0 Å². The van der Waals surface area contributed by atoms with Crippen LogP contribution in [0.3, 0.4) is 0 Å². The topological polar surface area (TPSA) is 61.0 Å². The number of methoxy groups -OCH3 is 1. The van der Waals surface area contributed by atoms with Crippen molar-refractivity contribution >= 4 is 11.0 Å². The highest BCUT2D eigenvalue weighted by molar-refractivity contribution is 5.73. The molecule has 20 heavy (non-hydrogen) atoms. The van der Waals surface area contributed by atoms with E-state index in [1.165, 1.54) is 0 Å². The van der Waals surface area contributed by atoms with E-state index in [1.54, 1.807) is 13.3 Å². The standard InChI is InChI=1S/C16H15N3O/c1-20-12-8-6-11(7-9-12)16(17)15-10-18-13-4-2-3-5-14(13)19-15/h2-10,16H,17H2,1H3. The molecule has 1 unspecified atom stereocenters. The van der Waals surface area contributed by atoms with E-state index >= 15 is 0 Å². The van der Waals surface area contributed by atoms with Gasteiger partial charge in [0.2, 0.25) is 0 Å². The Kier molecular flexibility index (Phi) is 3.31. The summed E-state index contributed by atoms with van der Waals surface area (Å²) in [5.74, 6) is 0.811. The minimum atomic E-state index is -0.294. The number of para-hydroxylation sites is 2. The summed E-state index contributed by atoms with van der Waals surface area (Å²) >= 11 is 0. The van der Waals surface area contributed by atoms with E-state index in [0.29, 0.717) is 0 Å².